The third-order valence-corrected chi connectivity index (χ3v) is 2.80. The van der Waals surface area contributed by atoms with Crippen LogP contribution in [0.25, 0.3) is 5.82 Å². The Morgan fingerprint density at radius 2 is 2.24 bits per heavy atom. The number of hydrogen-bond acceptors (Lipinski definition) is 6. The number of nitrogen functional groups attached to an aromatic ring is 1. The van der Waals surface area contributed by atoms with Crippen molar-refractivity contribution in [2.45, 2.75) is 26.3 Å². The Labute approximate surface area is 122 Å². The summed E-state index contributed by atoms with van der Waals surface area (Å²) in [4.78, 5) is 19.4. The molecule has 0 radical (unpaired) electrons. The Morgan fingerprint density at radius 3 is 2.81 bits per heavy atom. The molecule has 21 heavy (non-hydrogen) atoms. The van der Waals surface area contributed by atoms with Crippen molar-refractivity contribution in [1.29, 1.82) is 0 Å². The average molecular weight is 290 g/mol. The van der Waals surface area contributed by atoms with E-state index in [1.165, 1.54) is 4.68 Å². The minimum Gasteiger partial charge on any atom is -0.480 e. The summed E-state index contributed by atoms with van der Waals surface area (Å²) in [6.07, 6.45) is 3.81. The van der Waals surface area contributed by atoms with E-state index in [1.807, 2.05) is 13.8 Å². The first-order valence-electron chi connectivity index (χ1n) is 6.59. The van der Waals surface area contributed by atoms with Crippen molar-refractivity contribution in [3.8, 4) is 5.82 Å². The maximum atomic E-state index is 11.3. The molecule has 0 amide bonds. The Morgan fingerprint density at radius 1 is 1.48 bits per heavy atom. The largest absolute Gasteiger partial charge is 0.480 e. The molecule has 8 heteroatoms. The molecule has 0 fully saturated rings. The van der Waals surface area contributed by atoms with Gasteiger partial charge in [0.05, 0.1) is 0 Å². The zero-order valence-electron chi connectivity index (χ0n) is 11.9. The highest BCUT2D eigenvalue weighted by molar-refractivity contribution is 5.77. The van der Waals surface area contributed by atoms with Gasteiger partial charge in [0.1, 0.15) is 11.9 Å². The van der Waals surface area contributed by atoms with Crippen LogP contribution in [-0.2, 0) is 4.79 Å². The zero-order valence-corrected chi connectivity index (χ0v) is 11.9. The number of anilines is 2. The van der Waals surface area contributed by atoms with Gasteiger partial charge < -0.3 is 16.2 Å². The summed E-state index contributed by atoms with van der Waals surface area (Å²) >= 11 is 0. The van der Waals surface area contributed by atoms with Crippen molar-refractivity contribution in [1.82, 2.24) is 19.7 Å². The van der Waals surface area contributed by atoms with Crippen LogP contribution in [0.2, 0.25) is 0 Å². The number of carboxylic acid groups (broad SMARTS) is 1. The van der Waals surface area contributed by atoms with Crippen molar-refractivity contribution in [3.05, 3.63) is 24.5 Å². The van der Waals surface area contributed by atoms with Crippen LogP contribution in [0.15, 0.2) is 24.5 Å². The van der Waals surface area contributed by atoms with Gasteiger partial charge in [-0.15, -0.1) is 0 Å². The SMILES string of the molecule is CC(C)C[C@@H](Nc1cc(-n2cccn2)nc(N)n1)C(=O)O. The van der Waals surface area contributed by atoms with Gasteiger partial charge in [-0.05, 0) is 18.4 Å². The number of carboxylic acids is 1. The van der Waals surface area contributed by atoms with Gasteiger partial charge in [0, 0.05) is 18.5 Å². The van der Waals surface area contributed by atoms with E-state index in [-0.39, 0.29) is 11.9 Å². The molecule has 2 heterocycles. The van der Waals surface area contributed by atoms with E-state index in [4.69, 9.17) is 5.73 Å². The lowest BCUT2D eigenvalue weighted by molar-refractivity contribution is -0.138. The van der Waals surface area contributed by atoms with Crippen LogP contribution in [0, 0.1) is 5.92 Å². The standard InChI is InChI=1S/C13H18N6O2/c1-8(2)6-9(12(20)21)16-10-7-11(18-13(14)17-10)19-5-3-4-15-19/h3-5,7-9H,6H2,1-2H3,(H,20,21)(H3,14,16,17,18)/t9-/m1/s1. The van der Waals surface area contributed by atoms with Gasteiger partial charge in [0.15, 0.2) is 5.82 Å². The van der Waals surface area contributed by atoms with Crippen LogP contribution < -0.4 is 11.1 Å². The predicted octanol–water partition coefficient (Wildman–Crippen LogP) is 1.16. The van der Waals surface area contributed by atoms with Crippen LogP contribution in [0.5, 0.6) is 0 Å². The second-order valence-corrected chi connectivity index (χ2v) is 5.08. The third-order valence-electron chi connectivity index (χ3n) is 2.80. The van der Waals surface area contributed by atoms with Crippen molar-refractivity contribution in [2.24, 2.45) is 5.92 Å². The van der Waals surface area contributed by atoms with E-state index in [9.17, 15) is 9.90 Å². The Kier molecular flexibility index (Phi) is 4.36. The molecule has 0 aliphatic heterocycles. The molecular formula is C13H18N6O2. The Bertz CT molecular complexity index is 611. The number of aromatic nitrogens is 4. The highest BCUT2D eigenvalue weighted by Crippen LogP contribution is 2.15. The van der Waals surface area contributed by atoms with Crippen LogP contribution in [0.3, 0.4) is 0 Å². The summed E-state index contributed by atoms with van der Waals surface area (Å²) in [6, 6.07) is 2.63. The quantitative estimate of drug-likeness (QED) is 0.730. The van der Waals surface area contributed by atoms with Gasteiger partial charge in [-0.25, -0.2) is 9.48 Å². The summed E-state index contributed by atoms with van der Waals surface area (Å²) in [5.74, 6) is 0.203. The molecule has 0 saturated carbocycles. The molecule has 0 unspecified atom stereocenters. The van der Waals surface area contributed by atoms with Crippen LogP contribution >= 0.6 is 0 Å². The third kappa shape index (κ3) is 3.91. The first-order valence-corrected chi connectivity index (χ1v) is 6.59. The van der Waals surface area contributed by atoms with Crippen LogP contribution in [0.1, 0.15) is 20.3 Å². The number of hydrogen-bond donors (Lipinski definition) is 3. The predicted molar refractivity (Wildman–Crippen MR) is 78.1 cm³/mol. The van der Waals surface area contributed by atoms with Crippen molar-refractivity contribution in [2.75, 3.05) is 11.1 Å². The number of rotatable bonds is 6. The molecule has 0 saturated heterocycles. The first kappa shape index (κ1) is 14.8. The maximum Gasteiger partial charge on any atom is 0.326 e. The van der Waals surface area contributed by atoms with E-state index < -0.39 is 12.0 Å². The normalized spacial score (nSPS) is 12.3. The number of nitrogens with two attached hydrogens (primary N) is 1. The van der Waals surface area contributed by atoms with E-state index in [2.05, 4.69) is 20.4 Å². The fourth-order valence-corrected chi connectivity index (χ4v) is 1.92. The summed E-state index contributed by atoms with van der Waals surface area (Å²) in [5, 5.41) is 16.2. The smallest absolute Gasteiger partial charge is 0.326 e. The molecular weight excluding hydrogens is 272 g/mol. The molecule has 112 valence electrons. The Hall–Kier alpha value is -2.64. The minimum atomic E-state index is -0.929. The lowest BCUT2D eigenvalue weighted by atomic mass is 10.0. The van der Waals surface area contributed by atoms with Crippen molar-refractivity contribution >= 4 is 17.7 Å². The molecule has 0 spiro atoms. The topological polar surface area (TPSA) is 119 Å². The van der Waals surface area contributed by atoms with E-state index in [1.54, 1.807) is 24.5 Å². The minimum absolute atomic E-state index is 0.0548. The second kappa shape index (κ2) is 6.21. The zero-order chi connectivity index (χ0) is 15.4. The molecule has 2 rings (SSSR count). The van der Waals surface area contributed by atoms with Gasteiger partial charge >= 0.3 is 5.97 Å². The molecule has 8 nitrogen and oxygen atoms in total. The molecule has 0 bridgehead atoms. The molecule has 4 N–H and O–H groups in total. The molecule has 0 aromatic carbocycles. The number of nitrogens with zero attached hydrogens (tertiary/aromatic N) is 4. The van der Waals surface area contributed by atoms with Gasteiger partial charge in [0.25, 0.3) is 0 Å². The van der Waals surface area contributed by atoms with Gasteiger partial charge in [0.2, 0.25) is 5.95 Å². The second-order valence-electron chi connectivity index (χ2n) is 5.08. The van der Waals surface area contributed by atoms with E-state index in [0.717, 1.165) is 0 Å². The average Bonchev–Trinajstić information content (AvgIpc) is 2.90. The summed E-state index contributed by atoms with van der Waals surface area (Å²) in [7, 11) is 0. The highest BCUT2D eigenvalue weighted by Gasteiger charge is 2.19. The lowest BCUT2D eigenvalue weighted by Gasteiger charge is -2.17. The van der Waals surface area contributed by atoms with Crippen molar-refractivity contribution in [3.63, 3.8) is 0 Å². The van der Waals surface area contributed by atoms with E-state index >= 15 is 0 Å². The monoisotopic (exact) mass is 290 g/mol. The van der Waals surface area contributed by atoms with Gasteiger partial charge in [-0.1, -0.05) is 13.8 Å². The van der Waals surface area contributed by atoms with Crippen molar-refractivity contribution < 1.29 is 9.90 Å². The molecule has 2 aromatic rings. The molecule has 1 atom stereocenters. The summed E-state index contributed by atoms with van der Waals surface area (Å²) in [5.41, 5.74) is 5.67. The number of aliphatic carboxylic acids is 1. The summed E-state index contributed by atoms with van der Waals surface area (Å²) < 4.78 is 1.53. The molecule has 2 aromatic heterocycles. The molecule has 0 aliphatic rings. The fraction of sp³-hybridized carbons (Fsp3) is 0.385. The van der Waals surface area contributed by atoms with Gasteiger partial charge in [-0.2, -0.15) is 15.1 Å². The van der Waals surface area contributed by atoms with Crippen LogP contribution in [-0.4, -0.2) is 36.9 Å². The lowest BCUT2D eigenvalue weighted by Crippen LogP contribution is -2.31. The number of carbonyl (C=O) groups is 1. The highest BCUT2D eigenvalue weighted by atomic mass is 16.4. The van der Waals surface area contributed by atoms with Crippen LogP contribution in [0.4, 0.5) is 11.8 Å². The Balaban J connectivity index is 2.25. The van der Waals surface area contributed by atoms with Gasteiger partial charge in [-0.3, -0.25) is 0 Å². The van der Waals surface area contributed by atoms with E-state index in [0.29, 0.717) is 18.1 Å². The first-order chi connectivity index (χ1) is 9.95. The number of nitrogens with one attached hydrogen (secondary N) is 1. The molecule has 0 aliphatic carbocycles. The summed E-state index contributed by atoms with van der Waals surface area (Å²) in [6.45, 7) is 3.92. The maximum absolute atomic E-state index is 11.3. The fourth-order valence-electron chi connectivity index (χ4n) is 1.92.